The highest BCUT2D eigenvalue weighted by molar-refractivity contribution is 7.91. The summed E-state index contributed by atoms with van der Waals surface area (Å²) in [6.45, 7) is 1.88. The normalized spacial score (nSPS) is 11.6. The Hall–Kier alpha value is -0.100. The topological polar surface area (TPSA) is 68.3 Å². The first-order valence-electron chi connectivity index (χ1n) is 3.36. The van der Waals surface area contributed by atoms with Crippen molar-refractivity contribution in [1.82, 2.24) is 0 Å². The van der Waals surface area contributed by atoms with Crippen molar-refractivity contribution in [2.24, 2.45) is 0 Å². The van der Waals surface area contributed by atoms with E-state index in [2.05, 4.69) is 0 Å². The summed E-state index contributed by atoms with van der Waals surface area (Å²) in [6.07, 6.45) is 1.67. The molecule has 0 heterocycles. The van der Waals surface area contributed by atoms with Crippen LogP contribution in [0.5, 0.6) is 0 Å². The van der Waals surface area contributed by atoms with Crippen LogP contribution in [0.25, 0.3) is 0 Å². The second-order valence-electron chi connectivity index (χ2n) is 2.19. The van der Waals surface area contributed by atoms with Gasteiger partial charge in [0.25, 0.3) is 0 Å². The van der Waals surface area contributed by atoms with Crippen molar-refractivity contribution in [3.05, 3.63) is 0 Å². The lowest BCUT2D eigenvalue weighted by Gasteiger charge is -1.98. The Labute approximate surface area is 69.5 Å². The van der Waals surface area contributed by atoms with E-state index in [4.69, 9.17) is 0 Å². The molecule has 0 amide bonds. The summed E-state index contributed by atoms with van der Waals surface area (Å²) < 4.78 is 40.0. The minimum absolute atomic E-state index is 0.230. The van der Waals surface area contributed by atoms with Gasteiger partial charge >= 0.3 is 0 Å². The van der Waals surface area contributed by atoms with E-state index in [-0.39, 0.29) is 6.42 Å². The van der Waals surface area contributed by atoms with Crippen LogP contribution in [0.2, 0.25) is 0 Å². The van der Waals surface area contributed by atoms with Gasteiger partial charge in [-0.1, -0.05) is 19.8 Å². The number of unbranched alkanes of at least 4 members (excludes halogenated alkanes) is 1. The summed E-state index contributed by atoms with van der Waals surface area (Å²) in [6, 6.07) is 0. The van der Waals surface area contributed by atoms with E-state index in [9.17, 15) is 16.8 Å². The lowest BCUT2D eigenvalue weighted by Crippen LogP contribution is -2.10. The predicted octanol–water partition coefficient (Wildman–Crippen LogP) is -0.274. The second-order valence-corrected chi connectivity index (χ2v) is 4.99. The van der Waals surface area contributed by atoms with Crippen molar-refractivity contribution >= 4 is 21.4 Å². The van der Waals surface area contributed by atoms with E-state index in [0.29, 0.717) is 6.42 Å². The smallest absolute Gasteiger partial charge is 0.157 e. The summed E-state index contributed by atoms with van der Waals surface area (Å²) in [4.78, 5) is 0. The van der Waals surface area contributed by atoms with Crippen molar-refractivity contribution in [3.8, 4) is 0 Å². The van der Waals surface area contributed by atoms with Crippen LogP contribution in [0.15, 0.2) is 0 Å². The predicted molar refractivity (Wildman–Crippen MR) is 43.9 cm³/mol. The van der Waals surface area contributed by atoms with E-state index >= 15 is 0 Å². The Morgan fingerprint density at radius 3 is 1.82 bits per heavy atom. The van der Waals surface area contributed by atoms with Crippen molar-refractivity contribution in [2.75, 3.05) is 0 Å². The first-order valence-corrected chi connectivity index (χ1v) is 5.86. The van der Waals surface area contributed by atoms with Gasteiger partial charge in [-0.2, -0.15) is 0 Å². The third kappa shape index (κ3) is 4.36. The van der Waals surface area contributed by atoms with Gasteiger partial charge in [-0.3, -0.25) is 0 Å². The van der Waals surface area contributed by atoms with Crippen molar-refractivity contribution < 1.29 is 16.8 Å². The molecule has 0 bridgehead atoms. The van der Waals surface area contributed by atoms with Crippen LogP contribution in [0.4, 0.5) is 0 Å². The highest BCUT2D eigenvalue weighted by Gasteiger charge is 2.12. The number of rotatable bonds is 5. The van der Waals surface area contributed by atoms with Crippen LogP contribution in [-0.4, -0.2) is 21.4 Å². The van der Waals surface area contributed by atoms with E-state index < -0.39 is 26.0 Å². The molecule has 6 heteroatoms. The number of thiol groups is 2. The standard InChI is InChI=1S/C5H12O4S2/c1-2-3-4-5(10(6)7)11(8)9/h5,10-11H,2-4H2,1H3. The fourth-order valence-electron chi connectivity index (χ4n) is 0.674. The molecule has 0 aromatic heterocycles. The van der Waals surface area contributed by atoms with Gasteiger partial charge in [0.15, 0.2) is 26.0 Å². The third-order valence-corrected chi connectivity index (χ3v) is 3.92. The van der Waals surface area contributed by atoms with Crippen LogP contribution < -0.4 is 0 Å². The molecule has 68 valence electrons. The molecule has 0 fully saturated rings. The average molecular weight is 200 g/mol. The van der Waals surface area contributed by atoms with Crippen LogP contribution in [-0.2, 0) is 21.4 Å². The molecule has 0 unspecified atom stereocenters. The van der Waals surface area contributed by atoms with Crippen molar-refractivity contribution in [2.45, 2.75) is 30.8 Å². The van der Waals surface area contributed by atoms with Gasteiger partial charge in [-0.15, -0.1) is 0 Å². The molecule has 0 atom stereocenters. The quantitative estimate of drug-likeness (QED) is 0.599. The molecule has 11 heavy (non-hydrogen) atoms. The number of hydrogen-bond acceptors (Lipinski definition) is 4. The molecule has 4 nitrogen and oxygen atoms in total. The zero-order valence-electron chi connectivity index (χ0n) is 6.23. The van der Waals surface area contributed by atoms with E-state index in [1.807, 2.05) is 6.92 Å². The third-order valence-electron chi connectivity index (χ3n) is 1.30. The monoisotopic (exact) mass is 200 g/mol. The van der Waals surface area contributed by atoms with Gasteiger partial charge in [0.05, 0.1) is 0 Å². The Kier molecular flexibility index (Phi) is 5.49. The molecule has 0 aromatic carbocycles. The molecular weight excluding hydrogens is 188 g/mol. The second kappa shape index (κ2) is 5.54. The van der Waals surface area contributed by atoms with Crippen molar-refractivity contribution in [1.29, 1.82) is 0 Å². The Bertz CT molecular complexity index is 203. The van der Waals surface area contributed by atoms with Gasteiger partial charge < -0.3 is 0 Å². The molecule has 0 saturated heterocycles. The maximum Gasteiger partial charge on any atom is 0.157 e. The van der Waals surface area contributed by atoms with Gasteiger partial charge in [-0.25, -0.2) is 16.8 Å². The van der Waals surface area contributed by atoms with Crippen LogP contribution in [0.3, 0.4) is 0 Å². The van der Waals surface area contributed by atoms with Crippen molar-refractivity contribution in [3.63, 3.8) is 0 Å². The summed E-state index contributed by atoms with van der Waals surface area (Å²) in [5.41, 5.74) is 0. The van der Waals surface area contributed by atoms with E-state index in [1.165, 1.54) is 0 Å². The molecule has 0 aromatic rings. The molecule has 0 rings (SSSR count). The van der Waals surface area contributed by atoms with Crippen LogP contribution in [0.1, 0.15) is 26.2 Å². The SMILES string of the molecule is CCCCC([SH](=O)=O)[SH](=O)=O. The molecule has 0 aliphatic rings. The van der Waals surface area contributed by atoms with Crippen LogP contribution >= 0.6 is 0 Å². The van der Waals surface area contributed by atoms with Crippen LogP contribution in [0, 0.1) is 0 Å². The lowest BCUT2D eigenvalue weighted by atomic mass is 10.3. The van der Waals surface area contributed by atoms with Gasteiger partial charge in [-0.05, 0) is 6.42 Å². The largest absolute Gasteiger partial charge is 0.231 e. The highest BCUT2D eigenvalue weighted by atomic mass is 32.2. The first-order chi connectivity index (χ1) is 5.09. The summed E-state index contributed by atoms with van der Waals surface area (Å²) in [5.74, 6) is 0. The molecule has 0 saturated carbocycles. The highest BCUT2D eigenvalue weighted by Crippen LogP contribution is 2.03. The fraction of sp³-hybridized carbons (Fsp3) is 1.00. The average Bonchev–Trinajstić information content (AvgIpc) is 1.87. The zero-order valence-corrected chi connectivity index (χ0v) is 8.01. The molecule has 0 N–H and O–H groups in total. The Morgan fingerprint density at radius 1 is 1.09 bits per heavy atom. The minimum Gasteiger partial charge on any atom is -0.231 e. The maximum atomic E-state index is 10.3. The van der Waals surface area contributed by atoms with Gasteiger partial charge in [0.1, 0.15) is 0 Å². The molecule has 0 aliphatic heterocycles. The molecular formula is C5H12O4S2. The Morgan fingerprint density at radius 2 is 1.55 bits per heavy atom. The van der Waals surface area contributed by atoms with Gasteiger partial charge in [0.2, 0.25) is 0 Å². The minimum atomic E-state index is -2.81. The van der Waals surface area contributed by atoms with E-state index in [0.717, 1.165) is 6.42 Å². The molecule has 0 spiro atoms. The summed E-state index contributed by atoms with van der Waals surface area (Å²) >= 11 is 0. The summed E-state index contributed by atoms with van der Waals surface area (Å²) in [5, 5.41) is 0. The lowest BCUT2D eigenvalue weighted by molar-refractivity contribution is 0.586. The fourth-order valence-corrected chi connectivity index (χ4v) is 2.08. The van der Waals surface area contributed by atoms with Gasteiger partial charge in [0, 0.05) is 0 Å². The van der Waals surface area contributed by atoms with E-state index in [1.54, 1.807) is 0 Å². The zero-order chi connectivity index (χ0) is 8.85. The number of hydrogen-bond donors (Lipinski definition) is 2. The Balaban J connectivity index is 4.13. The maximum absolute atomic E-state index is 10.3. The molecule has 0 radical (unpaired) electrons. The molecule has 0 aliphatic carbocycles. The first kappa shape index (κ1) is 10.9. The summed E-state index contributed by atoms with van der Waals surface area (Å²) in [7, 11) is -5.62.